The quantitative estimate of drug-likeness (QED) is 0.313. The van der Waals surface area contributed by atoms with E-state index < -0.39 is 0 Å². The van der Waals surface area contributed by atoms with Gasteiger partial charge >= 0.3 is 0 Å². The Morgan fingerprint density at radius 3 is 2.72 bits per heavy atom. The summed E-state index contributed by atoms with van der Waals surface area (Å²) in [7, 11) is 1.63. The Morgan fingerprint density at radius 2 is 2.03 bits per heavy atom. The monoisotopic (exact) mass is 518 g/mol. The molecule has 164 valence electrons. The average Bonchev–Trinajstić information content (AvgIpc) is 3.41. The third-order valence-electron chi connectivity index (χ3n) is 5.44. The molecule has 29 heavy (non-hydrogen) atoms. The number of methoxy groups -OCH3 is 1. The summed E-state index contributed by atoms with van der Waals surface area (Å²) in [5, 5.41) is 12.4. The SMILES string of the molecule is CCNC(=NCc1ccc(OCCO)c(OC)c1)N1CCC(N2CCCC2)C1.I. The van der Waals surface area contributed by atoms with Crippen LogP contribution in [0.5, 0.6) is 11.5 Å². The van der Waals surface area contributed by atoms with Crippen molar-refractivity contribution in [2.75, 3.05) is 53.0 Å². The number of ether oxygens (including phenoxy) is 2. The number of halogens is 1. The van der Waals surface area contributed by atoms with Crippen molar-refractivity contribution in [3.63, 3.8) is 0 Å². The highest BCUT2D eigenvalue weighted by Crippen LogP contribution is 2.28. The second-order valence-electron chi connectivity index (χ2n) is 7.36. The summed E-state index contributed by atoms with van der Waals surface area (Å²) >= 11 is 0. The summed E-state index contributed by atoms with van der Waals surface area (Å²) in [5.41, 5.74) is 1.07. The molecule has 2 N–H and O–H groups in total. The van der Waals surface area contributed by atoms with E-state index >= 15 is 0 Å². The summed E-state index contributed by atoms with van der Waals surface area (Å²) in [4.78, 5) is 9.90. The molecule has 0 saturated carbocycles. The topological polar surface area (TPSA) is 69.6 Å². The van der Waals surface area contributed by atoms with Crippen molar-refractivity contribution in [2.24, 2.45) is 4.99 Å². The number of aliphatic hydroxyl groups excluding tert-OH is 1. The second kappa shape index (κ2) is 12.4. The molecule has 0 spiro atoms. The van der Waals surface area contributed by atoms with Crippen LogP contribution in [0.25, 0.3) is 0 Å². The maximum Gasteiger partial charge on any atom is 0.194 e. The molecule has 1 aromatic rings. The van der Waals surface area contributed by atoms with E-state index in [2.05, 4.69) is 22.0 Å². The largest absolute Gasteiger partial charge is 0.493 e. The lowest BCUT2D eigenvalue weighted by Crippen LogP contribution is -2.42. The van der Waals surface area contributed by atoms with Gasteiger partial charge in [-0.05, 0) is 57.0 Å². The van der Waals surface area contributed by atoms with Crippen LogP contribution in [0.1, 0.15) is 31.7 Å². The number of benzene rings is 1. The van der Waals surface area contributed by atoms with Gasteiger partial charge in [0.1, 0.15) is 6.61 Å². The lowest BCUT2D eigenvalue weighted by molar-refractivity contribution is 0.196. The van der Waals surface area contributed by atoms with Crippen LogP contribution in [0.15, 0.2) is 23.2 Å². The molecule has 8 heteroatoms. The van der Waals surface area contributed by atoms with Gasteiger partial charge in [0.2, 0.25) is 0 Å². The fourth-order valence-electron chi connectivity index (χ4n) is 4.02. The summed E-state index contributed by atoms with van der Waals surface area (Å²) in [6.07, 6.45) is 3.89. The predicted molar refractivity (Wildman–Crippen MR) is 127 cm³/mol. The molecule has 2 saturated heterocycles. The van der Waals surface area contributed by atoms with Gasteiger partial charge in [0.05, 0.1) is 20.3 Å². The minimum absolute atomic E-state index is 0. The number of likely N-dealkylation sites (tertiary alicyclic amines) is 2. The lowest BCUT2D eigenvalue weighted by Gasteiger charge is -2.25. The van der Waals surface area contributed by atoms with Gasteiger partial charge in [0.25, 0.3) is 0 Å². The molecule has 2 aliphatic rings. The Hall–Kier alpha value is -1.26. The molecule has 1 atom stereocenters. The Morgan fingerprint density at radius 1 is 1.24 bits per heavy atom. The van der Waals surface area contributed by atoms with Gasteiger partial charge in [0, 0.05) is 25.7 Å². The van der Waals surface area contributed by atoms with Crippen molar-refractivity contribution in [1.82, 2.24) is 15.1 Å². The number of rotatable bonds is 8. The minimum atomic E-state index is -0.0183. The second-order valence-corrected chi connectivity index (χ2v) is 7.36. The fourth-order valence-corrected chi connectivity index (χ4v) is 4.02. The van der Waals surface area contributed by atoms with Crippen LogP contribution >= 0.6 is 24.0 Å². The van der Waals surface area contributed by atoms with E-state index in [1.807, 2.05) is 18.2 Å². The van der Waals surface area contributed by atoms with Crippen LogP contribution in [-0.2, 0) is 6.54 Å². The fraction of sp³-hybridized carbons (Fsp3) is 0.667. The maximum atomic E-state index is 8.94. The highest BCUT2D eigenvalue weighted by Gasteiger charge is 2.30. The third kappa shape index (κ3) is 6.62. The van der Waals surface area contributed by atoms with Crippen LogP contribution < -0.4 is 14.8 Å². The van der Waals surface area contributed by atoms with E-state index in [0.29, 0.717) is 24.1 Å². The molecular formula is C21H35IN4O3. The molecule has 2 heterocycles. The molecule has 0 radical (unpaired) electrons. The standard InChI is InChI=1S/C21H34N4O3.HI/c1-3-22-21(25-11-8-18(16-25)24-9-4-5-10-24)23-15-17-6-7-19(28-13-12-26)20(14-17)27-2;/h6-7,14,18,26H,3-5,8-13,15-16H2,1-2H3,(H,22,23);1H. The molecular weight excluding hydrogens is 483 g/mol. The van der Waals surface area contributed by atoms with Gasteiger partial charge < -0.3 is 24.8 Å². The molecule has 2 aliphatic heterocycles. The summed E-state index contributed by atoms with van der Waals surface area (Å²) < 4.78 is 10.9. The maximum absolute atomic E-state index is 8.94. The number of aliphatic imine (C=N–C) groups is 1. The first kappa shape index (κ1) is 24.0. The van der Waals surface area contributed by atoms with Crippen molar-refractivity contribution in [3.8, 4) is 11.5 Å². The Kier molecular flexibility index (Phi) is 10.3. The highest BCUT2D eigenvalue weighted by atomic mass is 127. The van der Waals surface area contributed by atoms with Crippen LogP contribution in [0.2, 0.25) is 0 Å². The van der Waals surface area contributed by atoms with Crippen molar-refractivity contribution in [1.29, 1.82) is 0 Å². The van der Waals surface area contributed by atoms with Crippen molar-refractivity contribution < 1.29 is 14.6 Å². The smallest absolute Gasteiger partial charge is 0.194 e. The molecule has 7 nitrogen and oxygen atoms in total. The first-order chi connectivity index (χ1) is 13.7. The Balaban J connectivity index is 0.00000300. The zero-order chi connectivity index (χ0) is 19.8. The molecule has 1 unspecified atom stereocenters. The molecule has 0 amide bonds. The van der Waals surface area contributed by atoms with Crippen LogP contribution in [0, 0.1) is 0 Å². The van der Waals surface area contributed by atoms with E-state index in [1.165, 1.54) is 32.4 Å². The van der Waals surface area contributed by atoms with Gasteiger partial charge in [-0.25, -0.2) is 4.99 Å². The number of nitrogens with one attached hydrogen (secondary N) is 1. The summed E-state index contributed by atoms with van der Waals surface area (Å²) in [6.45, 7) is 8.41. The van der Waals surface area contributed by atoms with E-state index in [0.717, 1.165) is 31.2 Å². The van der Waals surface area contributed by atoms with E-state index in [-0.39, 0.29) is 37.2 Å². The zero-order valence-electron chi connectivity index (χ0n) is 17.6. The average molecular weight is 518 g/mol. The number of nitrogens with zero attached hydrogens (tertiary/aromatic N) is 3. The van der Waals surface area contributed by atoms with Gasteiger partial charge in [0.15, 0.2) is 17.5 Å². The third-order valence-corrected chi connectivity index (χ3v) is 5.44. The molecule has 0 bridgehead atoms. The minimum Gasteiger partial charge on any atom is -0.493 e. The molecule has 1 aromatic carbocycles. The summed E-state index contributed by atoms with van der Waals surface area (Å²) in [6, 6.07) is 6.50. The van der Waals surface area contributed by atoms with Gasteiger partial charge in [-0.15, -0.1) is 24.0 Å². The first-order valence-corrected chi connectivity index (χ1v) is 10.4. The molecule has 0 aliphatic carbocycles. The predicted octanol–water partition coefficient (Wildman–Crippen LogP) is 2.32. The van der Waals surface area contributed by atoms with E-state index in [4.69, 9.17) is 19.6 Å². The number of aliphatic hydroxyl groups is 1. The van der Waals surface area contributed by atoms with E-state index in [9.17, 15) is 0 Å². The molecule has 2 fully saturated rings. The molecule has 3 rings (SSSR count). The molecule has 0 aromatic heterocycles. The van der Waals surface area contributed by atoms with Crippen molar-refractivity contribution >= 4 is 29.9 Å². The van der Waals surface area contributed by atoms with Crippen molar-refractivity contribution in [3.05, 3.63) is 23.8 Å². The Labute approximate surface area is 191 Å². The number of hydrogen-bond acceptors (Lipinski definition) is 5. The number of guanidine groups is 1. The first-order valence-electron chi connectivity index (χ1n) is 10.4. The summed E-state index contributed by atoms with van der Waals surface area (Å²) in [5.74, 6) is 2.30. The van der Waals surface area contributed by atoms with Gasteiger partial charge in [-0.2, -0.15) is 0 Å². The number of hydrogen-bond donors (Lipinski definition) is 2. The Bertz CT molecular complexity index is 653. The highest BCUT2D eigenvalue weighted by molar-refractivity contribution is 14.0. The van der Waals surface area contributed by atoms with Crippen LogP contribution in [-0.4, -0.2) is 80.0 Å². The van der Waals surface area contributed by atoms with Crippen molar-refractivity contribution in [2.45, 2.75) is 38.8 Å². The normalized spacial score (nSPS) is 19.9. The van der Waals surface area contributed by atoms with E-state index in [1.54, 1.807) is 7.11 Å². The zero-order valence-corrected chi connectivity index (χ0v) is 19.9. The van der Waals surface area contributed by atoms with Gasteiger partial charge in [-0.1, -0.05) is 6.07 Å². The van der Waals surface area contributed by atoms with Gasteiger partial charge in [-0.3, -0.25) is 4.90 Å². The van der Waals surface area contributed by atoms with Crippen LogP contribution in [0.3, 0.4) is 0 Å². The van der Waals surface area contributed by atoms with Crippen LogP contribution in [0.4, 0.5) is 0 Å². The lowest BCUT2D eigenvalue weighted by atomic mass is 10.2.